The molecule has 26 heavy (non-hydrogen) atoms. The first-order chi connectivity index (χ1) is 12.3. The van der Waals surface area contributed by atoms with Crippen LogP contribution in [0.3, 0.4) is 0 Å². The smallest absolute Gasteiger partial charge is 0.240 e. The minimum Gasteiger partial charge on any atom is -0.370 e. The molecule has 0 aliphatic carbocycles. The highest BCUT2D eigenvalue weighted by atomic mass is 32.2. The van der Waals surface area contributed by atoms with Gasteiger partial charge >= 0.3 is 0 Å². The van der Waals surface area contributed by atoms with Gasteiger partial charge in [0.15, 0.2) is 5.96 Å². The van der Waals surface area contributed by atoms with Crippen molar-refractivity contribution in [3.8, 4) is 0 Å². The van der Waals surface area contributed by atoms with Gasteiger partial charge in [-0.2, -0.15) is 0 Å². The maximum Gasteiger partial charge on any atom is 0.240 e. The molecule has 2 aromatic carbocycles. The van der Waals surface area contributed by atoms with E-state index in [2.05, 4.69) is 34.9 Å². The van der Waals surface area contributed by atoms with E-state index in [1.54, 1.807) is 31.2 Å². The van der Waals surface area contributed by atoms with Gasteiger partial charge in [-0.25, -0.2) is 18.1 Å². The summed E-state index contributed by atoms with van der Waals surface area (Å²) in [5, 5.41) is 3.08. The van der Waals surface area contributed by atoms with Crippen LogP contribution in [0.15, 0.2) is 58.4 Å². The lowest BCUT2D eigenvalue weighted by Gasteiger charge is -2.10. The Morgan fingerprint density at radius 3 is 2.46 bits per heavy atom. The Bertz CT molecular complexity index is 859. The second-order valence-corrected chi connectivity index (χ2v) is 8.02. The van der Waals surface area contributed by atoms with E-state index in [0.29, 0.717) is 25.0 Å². The van der Waals surface area contributed by atoms with Gasteiger partial charge in [0.1, 0.15) is 0 Å². The van der Waals surface area contributed by atoms with E-state index in [0.717, 1.165) is 11.3 Å². The predicted molar refractivity (Wildman–Crippen MR) is 107 cm³/mol. The number of sulfonamides is 1. The molecule has 0 spiro atoms. The fourth-order valence-electron chi connectivity index (χ4n) is 2.39. The molecule has 140 valence electrons. The molecule has 4 N–H and O–H groups in total. The summed E-state index contributed by atoms with van der Waals surface area (Å²) in [6.07, 6.45) is 0. The molecular weight excluding hydrogens is 348 g/mol. The number of hydrogen-bond donors (Lipinski definition) is 3. The number of nitrogens with zero attached hydrogens (tertiary/aromatic N) is 1. The summed E-state index contributed by atoms with van der Waals surface area (Å²) in [6.45, 7) is 6.74. The number of guanidine groups is 1. The number of nitrogens with one attached hydrogen (secondary N) is 2. The number of anilines is 1. The van der Waals surface area contributed by atoms with E-state index in [-0.39, 0.29) is 4.90 Å². The molecule has 0 fully saturated rings. The van der Waals surface area contributed by atoms with Gasteiger partial charge in [0.25, 0.3) is 0 Å². The summed E-state index contributed by atoms with van der Waals surface area (Å²) in [5.41, 5.74) is 8.94. The van der Waals surface area contributed by atoms with Gasteiger partial charge < -0.3 is 11.1 Å². The standard InChI is InChI=1S/C19H26N4O2S/c1-4-22-26(24,25)18-10-8-15(9-11-18)13-21-19(20)23-17-7-5-6-16(12-17)14(2)3/h5-12,14,22H,4,13H2,1-3H3,(H3,20,21,23). The zero-order chi connectivity index (χ0) is 19.2. The Hall–Kier alpha value is -2.38. The number of rotatable bonds is 7. The van der Waals surface area contributed by atoms with E-state index in [9.17, 15) is 8.42 Å². The predicted octanol–water partition coefficient (Wildman–Crippen LogP) is 3.04. The first-order valence-corrected chi connectivity index (χ1v) is 10.1. The van der Waals surface area contributed by atoms with Gasteiger partial charge in [0.2, 0.25) is 10.0 Å². The normalized spacial score (nSPS) is 12.4. The van der Waals surface area contributed by atoms with Crippen molar-refractivity contribution in [3.05, 3.63) is 59.7 Å². The maximum atomic E-state index is 11.9. The summed E-state index contributed by atoms with van der Waals surface area (Å²) >= 11 is 0. The minimum absolute atomic E-state index is 0.240. The van der Waals surface area contributed by atoms with Crippen LogP contribution in [-0.2, 0) is 16.6 Å². The maximum absolute atomic E-state index is 11.9. The van der Waals surface area contributed by atoms with Crippen molar-refractivity contribution < 1.29 is 8.42 Å². The molecule has 0 amide bonds. The molecule has 0 radical (unpaired) electrons. The molecule has 0 aliphatic rings. The lowest BCUT2D eigenvalue weighted by Crippen LogP contribution is -2.23. The molecular formula is C19H26N4O2S. The zero-order valence-corrected chi connectivity index (χ0v) is 16.2. The molecule has 2 rings (SSSR count). The van der Waals surface area contributed by atoms with Crippen molar-refractivity contribution in [1.29, 1.82) is 0 Å². The lowest BCUT2D eigenvalue weighted by molar-refractivity contribution is 0.584. The topological polar surface area (TPSA) is 96.6 Å². The Balaban J connectivity index is 2.01. The van der Waals surface area contributed by atoms with Crippen LogP contribution in [0, 0.1) is 0 Å². The summed E-state index contributed by atoms with van der Waals surface area (Å²) in [5.74, 6) is 0.752. The van der Waals surface area contributed by atoms with E-state index in [4.69, 9.17) is 5.73 Å². The number of hydrogen-bond acceptors (Lipinski definition) is 3. The molecule has 6 nitrogen and oxygen atoms in total. The van der Waals surface area contributed by atoms with Crippen LogP contribution in [0.5, 0.6) is 0 Å². The first-order valence-electron chi connectivity index (χ1n) is 8.57. The van der Waals surface area contributed by atoms with Crippen LogP contribution in [0.25, 0.3) is 0 Å². The van der Waals surface area contributed by atoms with Gasteiger partial charge in [0.05, 0.1) is 11.4 Å². The Labute approximate surface area is 155 Å². The Morgan fingerprint density at radius 2 is 1.85 bits per heavy atom. The van der Waals surface area contributed by atoms with Crippen molar-refractivity contribution >= 4 is 21.7 Å². The molecule has 2 aromatic rings. The summed E-state index contributed by atoms with van der Waals surface area (Å²) in [6, 6.07) is 14.7. The quantitative estimate of drug-likeness (QED) is 0.513. The molecule has 7 heteroatoms. The third kappa shape index (κ3) is 5.57. The Morgan fingerprint density at radius 1 is 1.15 bits per heavy atom. The summed E-state index contributed by atoms with van der Waals surface area (Å²) in [4.78, 5) is 4.55. The third-order valence-electron chi connectivity index (χ3n) is 3.83. The molecule has 0 saturated heterocycles. The molecule has 0 saturated carbocycles. The van der Waals surface area contributed by atoms with Gasteiger partial charge in [-0.15, -0.1) is 0 Å². The van der Waals surface area contributed by atoms with Crippen molar-refractivity contribution in [3.63, 3.8) is 0 Å². The van der Waals surface area contributed by atoms with Crippen LogP contribution in [0.4, 0.5) is 5.69 Å². The van der Waals surface area contributed by atoms with Crippen molar-refractivity contribution in [2.45, 2.75) is 38.1 Å². The highest BCUT2D eigenvalue weighted by Gasteiger charge is 2.11. The number of nitrogens with two attached hydrogens (primary N) is 1. The SMILES string of the molecule is CCNS(=O)(=O)c1ccc(CN=C(N)Nc2cccc(C(C)C)c2)cc1. The summed E-state index contributed by atoms with van der Waals surface area (Å²) in [7, 11) is -3.43. The largest absolute Gasteiger partial charge is 0.370 e. The average Bonchev–Trinajstić information content (AvgIpc) is 2.60. The molecule has 0 aromatic heterocycles. The molecule has 0 aliphatic heterocycles. The lowest BCUT2D eigenvalue weighted by atomic mass is 10.0. The third-order valence-corrected chi connectivity index (χ3v) is 5.39. The second-order valence-electron chi connectivity index (χ2n) is 6.25. The molecule has 0 atom stereocenters. The Kier molecular flexibility index (Phi) is 6.76. The number of benzene rings is 2. The monoisotopic (exact) mass is 374 g/mol. The van der Waals surface area contributed by atoms with E-state index in [1.807, 2.05) is 18.2 Å². The van der Waals surface area contributed by atoms with Crippen molar-refractivity contribution in [2.75, 3.05) is 11.9 Å². The fraction of sp³-hybridized carbons (Fsp3) is 0.316. The van der Waals surface area contributed by atoms with Gasteiger partial charge in [-0.3, -0.25) is 0 Å². The summed E-state index contributed by atoms with van der Waals surface area (Å²) < 4.78 is 26.3. The highest BCUT2D eigenvalue weighted by Crippen LogP contribution is 2.18. The first kappa shape index (κ1) is 19.9. The van der Waals surface area contributed by atoms with Crippen LogP contribution >= 0.6 is 0 Å². The van der Waals surface area contributed by atoms with Crippen LogP contribution in [0.1, 0.15) is 37.8 Å². The second kappa shape index (κ2) is 8.82. The molecule has 0 bridgehead atoms. The van der Waals surface area contributed by atoms with Crippen molar-refractivity contribution in [1.82, 2.24) is 4.72 Å². The van der Waals surface area contributed by atoms with E-state index >= 15 is 0 Å². The fourth-order valence-corrected chi connectivity index (χ4v) is 3.43. The molecule has 0 heterocycles. The van der Waals surface area contributed by atoms with E-state index in [1.165, 1.54) is 5.56 Å². The van der Waals surface area contributed by atoms with Gasteiger partial charge in [-0.05, 0) is 41.3 Å². The average molecular weight is 375 g/mol. The zero-order valence-electron chi connectivity index (χ0n) is 15.4. The van der Waals surface area contributed by atoms with Gasteiger partial charge in [-0.1, -0.05) is 45.0 Å². The minimum atomic E-state index is -3.43. The van der Waals surface area contributed by atoms with E-state index < -0.39 is 10.0 Å². The number of aliphatic imine (C=N–C) groups is 1. The van der Waals surface area contributed by atoms with Crippen LogP contribution in [-0.4, -0.2) is 20.9 Å². The molecule has 0 unspecified atom stereocenters. The van der Waals surface area contributed by atoms with Crippen molar-refractivity contribution in [2.24, 2.45) is 10.7 Å². The van der Waals surface area contributed by atoms with Gasteiger partial charge in [0, 0.05) is 12.2 Å². The van der Waals surface area contributed by atoms with Crippen LogP contribution < -0.4 is 15.8 Å². The van der Waals surface area contributed by atoms with Crippen LogP contribution in [0.2, 0.25) is 0 Å². The highest BCUT2D eigenvalue weighted by molar-refractivity contribution is 7.89.